The number of fused-ring (bicyclic) bond motifs is 1. The minimum Gasteiger partial charge on any atom is -0.331 e. The van der Waals surface area contributed by atoms with E-state index in [9.17, 15) is 4.79 Å². The van der Waals surface area contributed by atoms with Gasteiger partial charge in [0.2, 0.25) is 0 Å². The smallest absolute Gasteiger partial charge is 0.319 e. The van der Waals surface area contributed by atoms with E-state index in [-0.39, 0.29) is 6.03 Å². The van der Waals surface area contributed by atoms with Gasteiger partial charge in [-0.15, -0.1) is 0 Å². The maximum absolute atomic E-state index is 12.1. The summed E-state index contributed by atoms with van der Waals surface area (Å²) in [5.41, 5.74) is 6.22. The molecule has 124 valence electrons. The van der Waals surface area contributed by atoms with Crippen LogP contribution in [0, 0.1) is 20.8 Å². The molecule has 0 spiro atoms. The highest BCUT2D eigenvalue weighted by molar-refractivity contribution is 5.90. The maximum atomic E-state index is 12.1. The van der Waals surface area contributed by atoms with Crippen LogP contribution in [-0.2, 0) is 13.6 Å². The first kappa shape index (κ1) is 16.1. The molecule has 2 aromatic carbocycles. The third-order valence-electron chi connectivity index (χ3n) is 4.17. The standard InChI is InChI=1S/C19H22N4O/c1-12-5-7-15(14(3)9-12)22-19(24)20-11-18-21-16-10-13(2)6-8-17(16)23(18)4/h5-10H,11H2,1-4H3,(H2,20,22,24). The molecule has 5 nitrogen and oxygen atoms in total. The lowest BCUT2D eigenvalue weighted by Gasteiger charge is -2.10. The van der Waals surface area contributed by atoms with Crippen LogP contribution in [-0.4, -0.2) is 15.6 Å². The lowest BCUT2D eigenvalue weighted by Crippen LogP contribution is -2.29. The summed E-state index contributed by atoms with van der Waals surface area (Å²) in [6.45, 7) is 6.44. The van der Waals surface area contributed by atoms with Crippen LogP contribution in [0.5, 0.6) is 0 Å². The van der Waals surface area contributed by atoms with Crippen LogP contribution >= 0.6 is 0 Å². The van der Waals surface area contributed by atoms with E-state index in [1.807, 2.05) is 50.6 Å². The van der Waals surface area contributed by atoms with Crippen LogP contribution in [0.15, 0.2) is 36.4 Å². The molecule has 0 radical (unpaired) electrons. The second kappa shape index (κ2) is 6.35. The SMILES string of the molecule is Cc1ccc(NC(=O)NCc2nc3cc(C)ccc3n2C)c(C)c1. The molecule has 0 aliphatic rings. The molecule has 1 heterocycles. The number of hydrogen-bond acceptors (Lipinski definition) is 2. The molecule has 0 aliphatic carbocycles. The second-order valence-corrected chi connectivity index (χ2v) is 6.21. The van der Waals surface area contributed by atoms with Gasteiger partial charge in [-0.2, -0.15) is 0 Å². The van der Waals surface area contributed by atoms with Crippen molar-refractivity contribution in [1.29, 1.82) is 0 Å². The summed E-state index contributed by atoms with van der Waals surface area (Å²) in [6, 6.07) is 11.9. The number of nitrogens with zero attached hydrogens (tertiary/aromatic N) is 2. The Bertz CT molecular complexity index is 911. The lowest BCUT2D eigenvalue weighted by molar-refractivity contribution is 0.251. The van der Waals surface area contributed by atoms with Crippen LogP contribution in [0.25, 0.3) is 11.0 Å². The minimum atomic E-state index is -0.231. The van der Waals surface area contributed by atoms with Crippen LogP contribution in [0.3, 0.4) is 0 Å². The fraction of sp³-hybridized carbons (Fsp3) is 0.263. The number of carbonyl (C=O) groups is 1. The van der Waals surface area contributed by atoms with Gasteiger partial charge in [0.1, 0.15) is 5.82 Å². The van der Waals surface area contributed by atoms with Gasteiger partial charge in [-0.1, -0.05) is 23.8 Å². The fourth-order valence-electron chi connectivity index (χ4n) is 2.80. The van der Waals surface area contributed by atoms with E-state index in [0.717, 1.165) is 28.1 Å². The quantitative estimate of drug-likeness (QED) is 0.770. The fourth-order valence-corrected chi connectivity index (χ4v) is 2.80. The highest BCUT2D eigenvalue weighted by Crippen LogP contribution is 2.17. The van der Waals surface area contributed by atoms with E-state index < -0.39 is 0 Å². The van der Waals surface area contributed by atoms with E-state index in [0.29, 0.717) is 6.54 Å². The Morgan fingerprint density at radius 2 is 1.79 bits per heavy atom. The zero-order valence-corrected chi connectivity index (χ0v) is 14.5. The van der Waals surface area contributed by atoms with Crippen molar-refractivity contribution in [2.45, 2.75) is 27.3 Å². The zero-order valence-electron chi connectivity index (χ0n) is 14.5. The van der Waals surface area contributed by atoms with E-state index in [1.165, 1.54) is 11.1 Å². The number of hydrogen-bond donors (Lipinski definition) is 2. The van der Waals surface area contributed by atoms with Gasteiger partial charge in [0.25, 0.3) is 0 Å². The van der Waals surface area contributed by atoms with Crippen LogP contribution in [0.4, 0.5) is 10.5 Å². The predicted octanol–water partition coefficient (Wildman–Crippen LogP) is 3.82. The molecule has 0 unspecified atom stereocenters. The summed E-state index contributed by atoms with van der Waals surface area (Å²) in [7, 11) is 1.96. The highest BCUT2D eigenvalue weighted by atomic mass is 16.2. The number of nitrogens with one attached hydrogen (secondary N) is 2. The molecule has 0 aliphatic heterocycles. The van der Waals surface area contributed by atoms with Gasteiger partial charge in [0, 0.05) is 12.7 Å². The predicted molar refractivity (Wildman–Crippen MR) is 97.2 cm³/mol. The molecule has 0 saturated carbocycles. The molecule has 5 heteroatoms. The number of anilines is 1. The number of aromatic nitrogens is 2. The number of amides is 2. The summed E-state index contributed by atoms with van der Waals surface area (Å²) < 4.78 is 2.01. The van der Waals surface area contributed by atoms with Gasteiger partial charge in [0.15, 0.2) is 0 Å². The Hall–Kier alpha value is -2.82. The average Bonchev–Trinajstić information content (AvgIpc) is 2.83. The van der Waals surface area contributed by atoms with E-state index >= 15 is 0 Å². The summed E-state index contributed by atoms with van der Waals surface area (Å²) in [5.74, 6) is 0.825. The molecule has 0 atom stereocenters. The second-order valence-electron chi connectivity index (χ2n) is 6.21. The number of urea groups is 1. The Balaban J connectivity index is 1.69. The van der Waals surface area contributed by atoms with E-state index in [2.05, 4.69) is 33.8 Å². The van der Waals surface area contributed by atoms with Gasteiger partial charge in [-0.3, -0.25) is 0 Å². The highest BCUT2D eigenvalue weighted by Gasteiger charge is 2.10. The number of benzene rings is 2. The largest absolute Gasteiger partial charge is 0.331 e. The number of imidazole rings is 1. The van der Waals surface area contributed by atoms with Crippen LogP contribution in [0.1, 0.15) is 22.5 Å². The monoisotopic (exact) mass is 322 g/mol. The van der Waals surface area contributed by atoms with Gasteiger partial charge < -0.3 is 15.2 Å². The summed E-state index contributed by atoms with van der Waals surface area (Å²) in [5, 5.41) is 5.76. The molecule has 1 aromatic heterocycles. The topological polar surface area (TPSA) is 59.0 Å². The van der Waals surface area contributed by atoms with Crippen LogP contribution in [0.2, 0.25) is 0 Å². The lowest BCUT2D eigenvalue weighted by atomic mass is 10.1. The van der Waals surface area contributed by atoms with Crippen molar-refractivity contribution in [3.05, 3.63) is 58.9 Å². The van der Waals surface area contributed by atoms with Gasteiger partial charge in [0.05, 0.1) is 17.6 Å². The van der Waals surface area contributed by atoms with Gasteiger partial charge in [-0.25, -0.2) is 9.78 Å². The molecule has 3 rings (SSSR count). The summed E-state index contributed by atoms with van der Waals surface area (Å²) >= 11 is 0. The molecule has 3 aromatic rings. The maximum Gasteiger partial charge on any atom is 0.319 e. The van der Waals surface area contributed by atoms with Crippen molar-refractivity contribution < 1.29 is 4.79 Å². The van der Waals surface area contributed by atoms with Crippen molar-refractivity contribution in [2.24, 2.45) is 7.05 Å². The van der Waals surface area contributed by atoms with Crippen molar-refractivity contribution in [1.82, 2.24) is 14.9 Å². The Labute approximate surface area is 141 Å². The minimum absolute atomic E-state index is 0.231. The molecule has 0 bridgehead atoms. The molecule has 2 amide bonds. The Kier molecular flexibility index (Phi) is 4.25. The van der Waals surface area contributed by atoms with Crippen molar-refractivity contribution in [2.75, 3.05) is 5.32 Å². The first-order valence-electron chi connectivity index (χ1n) is 7.98. The number of rotatable bonds is 3. The molecular weight excluding hydrogens is 300 g/mol. The van der Waals surface area contributed by atoms with Gasteiger partial charge >= 0.3 is 6.03 Å². The third kappa shape index (κ3) is 3.25. The third-order valence-corrected chi connectivity index (χ3v) is 4.17. The Morgan fingerprint density at radius 1 is 1.08 bits per heavy atom. The molecular formula is C19H22N4O. The van der Waals surface area contributed by atoms with Crippen LogP contribution < -0.4 is 10.6 Å². The zero-order chi connectivity index (χ0) is 17.3. The van der Waals surface area contributed by atoms with Gasteiger partial charge in [-0.05, 0) is 50.1 Å². The van der Waals surface area contributed by atoms with Crippen molar-refractivity contribution in [3.8, 4) is 0 Å². The molecule has 0 fully saturated rings. The average molecular weight is 322 g/mol. The number of carbonyl (C=O) groups excluding carboxylic acids is 1. The van der Waals surface area contributed by atoms with E-state index in [4.69, 9.17) is 0 Å². The van der Waals surface area contributed by atoms with Crippen molar-refractivity contribution in [3.63, 3.8) is 0 Å². The first-order valence-corrected chi connectivity index (χ1v) is 7.98. The summed E-state index contributed by atoms with van der Waals surface area (Å²) in [4.78, 5) is 16.7. The first-order chi connectivity index (χ1) is 11.4. The molecule has 0 saturated heterocycles. The molecule has 24 heavy (non-hydrogen) atoms. The van der Waals surface area contributed by atoms with Crippen molar-refractivity contribution >= 4 is 22.8 Å². The normalized spacial score (nSPS) is 10.8. The summed E-state index contributed by atoms with van der Waals surface area (Å²) in [6.07, 6.45) is 0. The van der Waals surface area contributed by atoms with E-state index in [1.54, 1.807) is 0 Å². The molecule has 2 N–H and O–H groups in total. The Morgan fingerprint density at radius 3 is 2.54 bits per heavy atom. The number of aryl methyl sites for hydroxylation is 4.